The van der Waals surface area contributed by atoms with Crippen LogP contribution in [0.1, 0.15) is 59.4 Å². The van der Waals surface area contributed by atoms with Gasteiger partial charge in [-0.15, -0.1) is 0 Å². The van der Waals surface area contributed by atoms with E-state index in [1.165, 1.54) is 0 Å². The summed E-state index contributed by atoms with van der Waals surface area (Å²) in [5, 5.41) is 0. The van der Waals surface area contributed by atoms with E-state index in [1.807, 2.05) is 44.2 Å². The van der Waals surface area contributed by atoms with Crippen LogP contribution < -0.4 is 0 Å². The Hall–Kier alpha value is -2.44. The quantitative estimate of drug-likeness (QED) is 0.315. The molecule has 0 N–H and O–H groups in total. The van der Waals surface area contributed by atoms with Crippen LogP contribution in [0.15, 0.2) is 76.7 Å². The minimum absolute atomic E-state index is 0.130. The van der Waals surface area contributed by atoms with E-state index in [-0.39, 0.29) is 23.7 Å². The van der Waals surface area contributed by atoms with E-state index >= 15 is 0 Å². The molecule has 2 fully saturated rings. The molecule has 3 atom stereocenters. The normalized spacial score (nSPS) is 28.5. The predicted molar refractivity (Wildman–Crippen MR) is 141 cm³/mol. The minimum Gasteiger partial charge on any atom is -0.465 e. The third-order valence-electron chi connectivity index (χ3n) is 8.18. The maximum Gasteiger partial charge on any atom is 0.319 e. The molecular formula is C30H38O5S. The van der Waals surface area contributed by atoms with E-state index in [1.54, 1.807) is 30.3 Å². The summed E-state index contributed by atoms with van der Waals surface area (Å²) in [6.45, 7) is 10.8. The van der Waals surface area contributed by atoms with Crippen LogP contribution >= 0.6 is 0 Å². The van der Waals surface area contributed by atoms with E-state index in [4.69, 9.17) is 9.47 Å². The Kier molecular flexibility index (Phi) is 7.24. The van der Waals surface area contributed by atoms with Crippen LogP contribution in [0.4, 0.5) is 0 Å². The lowest BCUT2D eigenvalue weighted by Crippen LogP contribution is -2.51. The van der Waals surface area contributed by atoms with Gasteiger partial charge in [0.2, 0.25) is 0 Å². The third-order valence-corrected chi connectivity index (χ3v) is 9.99. The van der Waals surface area contributed by atoms with Crippen molar-refractivity contribution in [3.05, 3.63) is 77.4 Å². The van der Waals surface area contributed by atoms with Crippen LogP contribution in [-0.4, -0.2) is 32.9 Å². The summed E-state index contributed by atoms with van der Waals surface area (Å²) in [4.78, 5) is 14.3. The molecule has 0 saturated heterocycles. The highest BCUT2D eigenvalue weighted by Gasteiger charge is 2.73. The molecule has 0 radical (unpaired) electrons. The molecule has 36 heavy (non-hydrogen) atoms. The van der Waals surface area contributed by atoms with E-state index in [2.05, 4.69) is 20.8 Å². The standard InChI is InChI=1S/C30H38O5S/c1-6-34-27(31)30-25(22(2)20-36(32,33)24-15-11-8-12-16-24)17-18-29(30,5)21-28(3,4)26(30)35-19-23-13-9-7-10-14-23/h7-16,26H,6,17-21H2,1-5H3/b25-22-/t26-,29+,30-/m1/s1. The van der Waals surface area contributed by atoms with Crippen LogP contribution in [-0.2, 0) is 30.7 Å². The molecule has 0 spiro atoms. The molecule has 0 bridgehead atoms. The monoisotopic (exact) mass is 510 g/mol. The van der Waals surface area contributed by atoms with Crippen molar-refractivity contribution in [2.75, 3.05) is 12.4 Å². The van der Waals surface area contributed by atoms with Gasteiger partial charge < -0.3 is 9.47 Å². The van der Waals surface area contributed by atoms with Crippen LogP contribution in [0.2, 0.25) is 0 Å². The molecule has 0 unspecified atom stereocenters. The van der Waals surface area contributed by atoms with Crippen molar-refractivity contribution < 1.29 is 22.7 Å². The Labute approximate surface area is 215 Å². The average Bonchev–Trinajstić information content (AvgIpc) is 3.21. The van der Waals surface area contributed by atoms with Crippen molar-refractivity contribution in [2.45, 2.75) is 71.5 Å². The molecule has 2 aromatic carbocycles. The van der Waals surface area contributed by atoms with E-state index in [9.17, 15) is 13.2 Å². The fourth-order valence-corrected chi connectivity index (χ4v) is 8.49. The first-order valence-electron chi connectivity index (χ1n) is 12.8. The maximum atomic E-state index is 14.0. The zero-order valence-electron chi connectivity index (χ0n) is 22.0. The Morgan fingerprint density at radius 1 is 1.00 bits per heavy atom. The number of hydrogen-bond acceptors (Lipinski definition) is 5. The first-order valence-corrected chi connectivity index (χ1v) is 14.4. The molecular weight excluding hydrogens is 472 g/mol. The second-order valence-electron chi connectivity index (χ2n) is 11.3. The second-order valence-corrected chi connectivity index (χ2v) is 13.3. The number of hydrogen-bond donors (Lipinski definition) is 0. The summed E-state index contributed by atoms with van der Waals surface area (Å²) in [7, 11) is -3.56. The Morgan fingerprint density at radius 3 is 2.22 bits per heavy atom. The molecule has 0 aromatic heterocycles. The van der Waals surface area contributed by atoms with E-state index in [0.29, 0.717) is 17.9 Å². The van der Waals surface area contributed by atoms with Crippen molar-refractivity contribution in [2.24, 2.45) is 16.2 Å². The van der Waals surface area contributed by atoms with Crippen LogP contribution in [0.3, 0.4) is 0 Å². The van der Waals surface area contributed by atoms with Gasteiger partial charge in [0.05, 0.1) is 30.0 Å². The minimum atomic E-state index is -3.56. The highest BCUT2D eigenvalue weighted by molar-refractivity contribution is 7.91. The number of carbonyl (C=O) groups excluding carboxylic acids is 1. The summed E-state index contributed by atoms with van der Waals surface area (Å²) in [5.74, 6) is -0.421. The smallest absolute Gasteiger partial charge is 0.319 e. The van der Waals surface area contributed by atoms with Gasteiger partial charge in [-0.2, -0.15) is 0 Å². The number of benzene rings is 2. The van der Waals surface area contributed by atoms with Gasteiger partial charge in [-0.1, -0.05) is 74.9 Å². The first kappa shape index (κ1) is 26.6. The SMILES string of the molecule is CCOC(=O)[C@]12/C(=C(/C)CS(=O)(=O)c3ccccc3)CC[C@@]1(C)CC(C)(C)[C@H]2OCc1ccccc1. The summed E-state index contributed by atoms with van der Waals surface area (Å²) < 4.78 is 39.0. The maximum absolute atomic E-state index is 14.0. The van der Waals surface area contributed by atoms with Crippen molar-refractivity contribution in [3.63, 3.8) is 0 Å². The summed E-state index contributed by atoms with van der Waals surface area (Å²) in [6.07, 6.45) is 1.80. The van der Waals surface area contributed by atoms with Gasteiger partial charge in [-0.3, -0.25) is 4.79 Å². The lowest BCUT2D eigenvalue weighted by Gasteiger charge is -2.42. The van der Waals surface area contributed by atoms with Crippen LogP contribution in [0.5, 0.6) is 0 Å². The molecule has 5 nitrogen and oxygen atoms in total. The fraction of sp³-hybridized carbons (Fsp3) is 0.500. The van der Waals surface area contributed by atoms with E-state index < -0.39 is 26.8 Å². The van der Waals surface area contributed by atoms with Crippen molar-refractivity contribution in [1.29, 1.82) is 0 Å². The molecule has 2 aromatic rings. The van der Waals surface area contributed by atoms with Gasteiger partial charge in [0, 0.05) is 0 Å². The number of sulfone groups is 1. The molecule has 2 aliphatic rings. The molecule has 0 amide bonds. The Morgan fingerprint density at radius 2 is 1.61 bits per heavy atom. The largest absolute Gasteiger partial charge is 0.465 e. The van der Waals surface area contributed by atoms with Gasteiger partial charge in [0.1, 0.15) is 5.41 Å². The highest BCUT2D eigenvalue weighted by Crippen LogP contribution is 2.71. The van der Waals surface area contributed by atoms with Crippen molar-refractivity contribution >= 4 is 15.8 Å². The van der Waals surface area contributed by atoms with Crippen molar-refractivity contribution in [1.82, 2.24) is 0 Å². The molecule has 4 rings (SSSR count). The molecule has 6 heteroatoms. The summed E-state index contributed by atoms with van der Waals surface area (Å²) >= 11 is 0. The third kappa shape index (κ3) is 4.43. The van der Waals surface area contributed by atoms with Crippen LogP contribution in [0.25, 0.3) is 0 Å². The molecule has 2 aliphatic carbocycles. The molecule has 0 heterocycles. The van der Waals surface area contributed by atoms with Gasteiger partial charge in [0.25, 0.3) is 0 Å². The lowest BCUT2D eigenvalue weighted by atomic mass is 9.65. The van der Waals surface area contributed by atoms with E-state index in [0.717, 1.165) is 29.6 Å². The van der Waals surface area contributed by atoms with Gasteiger partial charge in [-0.25, -0.2) is 8.42 Å². The van der Waals surface area contributed by atoms with Gasteiger partial charge in [0.15, 0.2) is 9.84 Å². The number of ether oxygens (including phenoxy) is 2. The Balaban J connectivity index is 1.82. The molecule has 0 aliphatic heterocycles. The zero-order valence-corrected chi connectivity index (χ0v) is 22.9. The average molecular weight is 511 g/mol. The highest BCUT2D eigenvalue weighted by atomic mass is 32.2. The number of fused-ring (bicyclic) bond motifs is 1. The second kappa shape index (κ2) is 9.79. The first-order chi connectivity index (χ1) is 17.0. The summed E-state index contributed by atoms with van der Waals surface area (Å²) in [6, 6.07) is 18.5. The molecule has 2 saturated carbocycles. The van der Waals surface area contributed by atoms with Gasteiger partial charge in [-0.05, 0) is 67.2 Å². The lowest BCUT2D eigenvalue weighted by molar-refractivity contribution is -0.170. The van der Waals surface area contributed by atoms with Crippen molar-refractivity contribution in [3.8, 4) is 0 Å². The topological polar surface area (TPSA) is 69.7 Å². The molecule has 194 valence electrons. The number of carbonyl (C=O) groups is 1. The predicted octanol–water partition coefficient (Wildman–Crippen LogP) is 6.14. The van der Waals surface area contributed by atoms with Crippen LogP contribution in [0, 0.1) is 16.2 Å². The number of esters is 1. The van der Waals surface area contributed by atoms with Gasteiger partial charge >= 0.3 is 5.97 Å². The number of rotatable bonds is 8. The fourth-order valence-electron chi connectivity index (χ4n) is 7.01. The Bertz CT molecular complexity index is 1230. The summed E-state index contributed by atoms with van der Waals surface area (Å²) in [5.41, 5.74) is 0.913. The zero-order chi connectivity index (χ0) is 26.2.